The van der Waals surface area contributed by atoms with Gasteiger partial charge in [-0.15, -0.1) is 0 Å². The molecule has 0 heterocycles. The van der Waals surface area contributed by atoms with Crippen molar-refractivity contribution in [3.63, 3.8) is 0 Å². The fourth-order valence-corrected chi connectivity index (χ4v) is 2.26. The second-order valence-corrected chi connectivity index (χ2v) is 4.91. The highest BCUT2D eigenvalue weighted by molar-refractivity contribution is 6.21. The van der Waals surface area contributed by atoms with Crippen LogP contribution in [0.1, 0.15) is 11.1 Å². The molecule has 0 aliphatic rings. The third kappa shape index (κ3) is 3.69. The monoisotopic (exact) mass is 345 g/mol. The van der Waals surface area contributed by atoms with Gasteiger partial charge in [0.05, 0.1) is 30.8 Å². The number of nitrogens with zero attached hydrogens (tertiary/aromatic N) is 1. The van der Waals surface area contributed by atoms with Crippen LogP contribution >= 0.6 is 0 Å². The van der Waals surface area contributed by atoms with E-state index >= 15 is 0 Å². The average molecular weight is 345 g/mol. The number of methoxy groups -OCH3 is 2. The molecular weight excluding hydrogens is 330 g/mol. The van der Waals surface area contributed by atoms with Crippen molar-refractivity contribution in [2.75, 3.05) is 14.2 Å². The van der Waals surface area contributed by atoms with Gasteiger partial charge in [0.2, 0.25) is 0 Å². The number of nitro groups is 1. The number of benzene rings is 2. The number of carbonyl (C=O) groups is 1. The first-order chi connectivity index (χ1) is 11.9. The number of para-hydroxylation sites is 1. The van der Waals surface area contributed by atoms with E-state index in [1.165, 1.54) is 20.3 Å². The summed E-state index contributed by atoms with van der Waals surface area (Å²) in [5, 5.41) is 30.8. The molecular formula is C17H15NO7. The van der Waals surface area contributed by atoms with Crippen molar-refractivity contribution in [3.8, 4) is 17.2 Å². The number of hydrogen-bond acceptors (Lipinski definition) is 6. The molecule has 25 heavy (non-hydrogen) atoms. The molecule has 0 bridgehead atoms. The van der Waals surface area contributed by atoms with Gasteiger partial charge in [0, 0.05) is 17.2 Å². The van der Waals surface area contributed by atoms with Crippen LogP contribution in [0.25, 0.3) is 11.6 Å². The smallest absolute Gasteiger partial charge is 0.336 e. The minimum absolute atomic E-state index is 0.0608. The van der Waals surface area contributed by atoms with Crippen molar-refractivity contribution in [1.82, 2.24) is 0 Å². The largest absolute Gasteiger partial charge is 0.504 e. The maximum absolute atomic E-state index is 11.7. The standard InChI is InChI=1S/C17H15NO7/c1-24-14-6-4-3-5-12(14)13(17(20)21)8-10-7-11(18(22)23)9-15(25-2)16(10)19/h3-9,19H,1-2H3,(H,20,21)/b13-8-. The number of non-ortho nitro benzene ring substituents is 1. The first kappa shape index (κ1) is 17.8. The second-order valence-electron chi connectivity index (χ2n) is 4.91. The Hall–Kier alpha value is -3.55. The van der Waals surface area contributed by atoms with Crippen LogP contribution in [0, 0.1) is 10.1 Å². The van der Waals surface area contributed by atoms with E-state index in [1.54, 1.807) is 18.2 Å². The Morgan fingerprint density at radius 3 is 2.36 bits per heavy atom. The molecule has 2 rings (SSSR count). The van der Waals surface area contributed by atoms with Gasteiger partial charge in [-0.2, -0.15) is 0 Å². The second kappa shape index (κ2) is 7.35. The molecule has 0 atom stereocenters. The number of nitro benzene ring substituents is 1. The summed E-state index contributed by atoms with van der Waals surface area (Å²) in [6, 6.07) is 8.54. The third-order valence-electron chi connectivity index (χ3n) is 3.45. The lowest BCUT2D eigenvalue weighted by Gasteiger charge is -2.10. The van der Waals surface area contributed by atoms with Crippen LogP contribution in [0.2, 0.25) is 0 Å². The lowest BCUT2D eigenvalue weighted by molar-refractivity contribution is -0.385. The first-order valence-electron chi connectivity index (χ1n) is 7.02. The SMILES string of the molecule is COc1ccccc1/C(=C/c1cc([N+](=O)[O-])cc(OC)c1O)C(=O)O. The summed E-state index contributed by atoms with van der Waals surface area (Å²) in [5.74, 6) is -1.51. The highest BCUT2D eigenvalue weighted by Crippen LogP contribution is 2.37. The van der Waals surface area contributed by atoms with E-state index < -0.39 is 16.6 Å². The quantitative estimate of drug-likeness (QED) is 0.357. The number of aliphatic carboxylic acids is 1. The molecule has 0 unspecified atom stereocenters. The Kier molecular flexibility index (Phi) is 5.23. The predicted molar refractivity (Wildman–Crippen MR) is 89.8 cm³/mol. The molecule has 0 aromatic heterocycles. The van der Waals surface area contributed by atoms with Gasteiger partial charge in [0.15, 0.2) is 11.5 Å². The van der Waals surface area contributed by atoms with E-state index in [0.717, 1.165) is 18.2 Å². The maximum Gasteiger partial charge on any atom is 0.336 e. The molecule has 2 aromatic rings. The summed E-state index contributed by atoms with van der Waals surface area (Å²) >= 11 is 0. The van der Waals surface area contributed by atoms with Crippen molar-refractivity contribution < 1.29 is 29.4 Å². The van der Waals surface area contributed by atoms with Crippen LogP contribution < -0.4 is 9.47 Å². The lowest BCUT2D eigenvalue weighted by Crippen LogP contribution is -2.02. The summed E-state index contributed by atoms with van der Waals surface area (Å²) in [6.45, 7) is 0. The number of ether oxygens (including phenoxy) is 2. The fourth-order valence-electron chi connectivity index (χ4n) is 2.26. The number of carboxylic acid groups (broad SMARTS) is 1. The zero-order valence-corrected chi connectivity index (χ0v) is 13.4. The van der Waals surface area contributed by atoms with Gasteiger partial charge >= 0.3 is 5.97 Å². The number of phenols is 1. The average Bonchev–Trinajstić information content (AvgIpc) is 2.60. The van der Waals surface area contributed by atoms with Crippen molar-refractivity contribution in [2.24, 2.45) is 0 Å². The molecule has 130 valence electrons. The molecule has 0 radical (unpaired) electrons. The normalized spacial score (nSPS) is 11.0. The van der Waals surface area contributed by atoms with Gasteiger partial charge in [-0.25, -0.2) is 4.79 Å². The molecule has 8 nitrogen and oxygen atoms in total. The Labute approximate surface area is 142 Å². The molecule has 2 aromatic carbocycles. The summed E-state index contributed by atoms with van der Waals surface area (Å²) in [7, 11) is 2.64. The van der Waals surface area contributed by atoms with E-state index in [0.29, 0.717) is 5.75 Å². The van der Waals surface area contributed by atoms with Crippen LogP contribution in [0.3, 0.4) is 0 Å². The number of phenolic OH excluding ortho intramolecular Hbond substituents is 1. The van der Waals surface area contributed by atoms with Gasteiger partial charge < -0.3 is 19.7 Å². The van der Waals surface area contributed by atoms with Gasteiger partial charge in [-0.05, 0) is 12.1 Å². The highest BCUT2D eigenvalue weighted by Gasteiger charge is 2.20. The molecule has 2 N–H and O–H groups in total. The molecule has 8 heteroatoms. The number of rotatable bonds is 6. The Bertz CT molecular complexity index is 858. The molecule has 0 saturated carbocycles. The van der Waals surface area contributed by atoms with Crippen LogP contribution in [0.4, 0.5) is 5.69 Å². The van der Waals surface area contributed by atoms with Crippen molar-refractivity contribution in [1.29, 1.82) is 0 Å². The van der Waals surface area contributed by atoms with Gasteiger partial charge in [0.25, 0.3) is 5.69 Å². The van der Waals surface area contributed by atoms with Crippen LogP contribution in [0.5, 0.6) is 17.2 Å². The summed E-state index contributed by atoms with van der Waals surface area (Å²) in [5.41, 5.74) is -0.335. The van der Waals surface area contributed by atoms with E-state index in [4.69, 9.17) is 9.47 Å². The van der Waals surface area contributed by atoms with E-state index in [-0.39, 0.29) is 28.1 Å². The number of aromatic hydroxyl groups is 1. The zero-order valence-electron chi connectivity index (χ0n) is 13.4. The summed E-state index contributed by atoms with van der Waals surface area (Å²) in [4.78, 5) is 22.1. The van der Waals surface area contributed by atoms with Gasteiger partial charge in [-0.1, -0.05) is 18.2 Å². The Morgan fingerprint density at radius 1 is 1.16 bits per heavy atom. The number of hydrogen-bond donors (Lipinski definition) is 2. The fraction of sp³-hybridized carbons (Fsp3) is 0.118. The molecule has 0 aliphatic heterocycles. The van der Waals surface area contributed by atoms with Crippen LogP contribution in [-0.4, -0.2) is 35.3 Å². The minimum atomic E-state index is -1.28. The third-order valence-corrected chi connectivity index (χ3v) is 3.45. The Balaban J connectivity index is 2.71. The summed E-state index contributed by atoms with van der Waals surface area (Å²) in [6.07, 6.45) is 1.13. The van der Waals surface area contributed by atoms with E-state index in [2.05, 4.69) is 0 Å². The molecule has 0 amide bonds. The topological polar surface area (TPSA) is 119 Å². The molecule has 0 saturated heterocycles. The molecule has 0 aliphatic carbocycles. The van der Waals surface area contributed by atoms with Crippen LogP contribution in [0.15, 0.2) is 36.4 Å². The maximum atomic E-state index is 11.7. The number of carboxylic acids is 1. The lowest BCUT2D eigenvalue weighted by atomic mass is 10.0. The predicted octanol–water partition coefficient (Wildman–Crippen LogP) is 2.94. The van der Waals surface area contributed by atoms with Crippen molar-refractivity contribution in [3.05, 3.63) is 57.6 Å². The van der Waals surface area contributed by atoms with E-state index in [1.807, 2.05) is 0 Å². The molecule has 0 fully saturated rings. The van der Waals surface area contributed by atoms with Crippen molar-refractivity contribution >= 4 is 23.3 Å². The zero-order chi connectivity index (χ0) is 18.6. The van der Waals surface area contributed by atoms with Gasteiger partial charge in [0.1, 0.15) is 5.75 Å². The minimum Gasteiger partial charge on any atom is -0.504 e. The van der Waals surface area contributed by atoms with Crippen molar-refractivity contribution in [2.45, 2.75) is 0 Å². The highest BCUT2D eigenvalue weighted by atomic mass is 16.6. The first-order valence-corrected chi connectivity index (χ1v) is 7.02. The van der Waals surface area contributed by atoms with Gasteiger partial charge in [-0.3, -0.25) is 10.1 Å². The molecule has 0 spiro atoms. The Morgan fingerprint density at radius 2 is 1.80 bits per heavy atom. The summed E-state index contributed by atoms with van der Waals surface area (Å²) < 4.78 is 10.1. The van der Waals surface area contributed by atoms with E-state index in [9.17, 15) is 25.1 Å². The van der Waals surface area contributed by atoms with Crippen LogP contribution in [-0.2, 0) is 4.79 Å².